The summed E-state index contributed by atoms with van der Waals surface area (Å²) in [5.74, 6) is -0.144. The lowest BCUT2D eigenvalue weighted by Gasteiger charge is -2.18. The highest BCUT2D eigenvalue weighted by Crippen LogP contribution is 2.21. The Labute approximate surface area is 114 Å². The summed E-state index contributed by atoms with van der Waals surface area (Å²) in [6.07, 6.45) is 0.906. The van der Waals surface area contributed by atoms with Crippen molar-refractivity contribution in [1.29, 1.82) is 0 Å². The van der Waals surface area contributed by atoms with E-state index in [1.54, 1.807) is 13.0 Å². The van der Waals surface area contributed by atoms with Gasteiger partial charge >= 0.3 is 0 Å². The molecule has 0 heterocycles. The molecule has 0 amide bonds. The van der Waals surface area contributed by atoms with E-state index < -0.39 is 0 Å². The van der Waals surface area contributed by atoms with E-state index in [1.165, 1.54) is 11.1 Å². The Bertz CT molecular complexity index is 563. The van der Waals surface area contributed by atoms with Gasteiger partial charge in [0.25, 0.3) is 0 Å². The Morgan fingerprint density at radius 1 is 1.11 bits per heavy atom. The van der Waals surface area contributed by atoms with Crippen LogP contribution < -0.4 is 5.32 Å². The zero-order valence-corrected chi connectivity index (χ0v) is 11.7. The smallest absolute Gasteiger partial charge is 0.126 e. The Balaban J connectivity index is 2.22. The van der Waals surface area contributed by atoms with Crippen LogP contribution in [0.15, 0.2) is 42.5 Å². The van der Waals surface area contributed by atoms with Gasteiger partial charge in [-0.05, 0) is 50.1 Å². The molecule has 2 heteroatoms. The van der Waals surface area contributed by atoms with Crippen LogP contribution in [0.3, 0.4) is 0 Å². The van der Waals surface area contributed by atoms with E-state index in [4.69, 9.17) is 0 Å². The van der Waals surface area contributed by atoms with Gasteiger partial charge in [0.2, 0.25) is 0 Å². The summed E-state index contributed by atoms with van der Waals surface area (Å²) >= 11 is 0. The summed E-state index contributed by atoms with van der Waals surface area (Å²) in [4.78, 5) is 0. The molecule has 2 aromatic rings. The molecule has 0 bridgehead atoms. The van der Waals surface area contributed by atoms with E-state index in [-0.39, 0.29) is 11.9 Å². The van der Waals surface area contributed by atoms with Gasteiger partial charge in [-0.1, -0.05) is 42.0 Å². The summed E-state index contributed by atoms with van der Waals surface area (Å²) in [6.45, 7) is 3.90. The first-order valence-electron chi connectivity index (χ1n) is 6.59. The van der Waals surface area contributed by atoms with Crippen LogP contribution in [-0.2, 0) is 6.42 Å². The minimum absolute atomic E-state index is 0.144. The molecule has 0 aliphatic carbocycles. The zero-order valence-electron chi connectivity index (χ0n) is 11.7. The van der Waals surface area contributed by atoms with E-state index in [9.17, 15) is 4.39 Å². The van der Waals surface area contributed by atoms with Crippen molar-refractivity contribution < 1.29 is 4.39 Å². The number of halogens is 1. The normalized spacial score (nSPS) is 12.4. The first kappa shape index (κ1) is 13.8. The van der Waals surface area contributed by atoms with Crippen molar-refractivity contribution in [2.24, 2.45) is 0 Å². The molecule has 19 heavy (non-hydrogen) atoms. The summed E-state index contributed by atoms with van der Waals surface area (Å²) in [7, 11) is 1.94. The average molecular weight is 257 g/mol. The minimum Gasteiger partial charge on any atom is -0.313 e. The van der Waals surface area contributed by atoms with E-state index in [2.05, 4.69) is 36.5 Å². The number of likely N-dealkylation sites (N-methyl/N-ethyl adjacent to an activating group) is 1. The molecule has 0 radical (unpaired) electrons. The van der Waals surface area contributed by atoms with Crippen LogP contribution in [0.5, 0.6) is 0 Å². The fourth-order valence-electron chi connectivity index (χ4n) is 2.35. The first-order chi connectivity index (χ1) is 9.10. The SMILES string of the molecule is CNC(Cc1cccc(C)c1)c1ccc(F)c(C)c1. The number of aryl methyl sites for hydroxylation is 2. The predicted molar refractivity (Wildman–Crippen MR) is 77.8 cm³/mol. The van der Waals surface area contributed by atoms with E-state index in [0.29, 0.717) is 5.56 Å². The molecular formula is C17H20FN. The molecule has 0 spiro atoms. The number of hydrogen-bond donors (Lipinski definition) is 1. The molecule has 0 aromatic heterocycles. The van der Waals surface area contributed by atoms with Crippen molar-refractivity contribution in [3.05, 3.63) is 70.5 Å². The van der Waals surface area contributed by atoms with Crippen LogP contribution in [0.25, 0.3) is 0 Å². The minimum atomic E-state index is -0.144. The lowest BCUT2D eigenvalue weighted by molar-refractivity contribution is 0.583. The monoisotopic (exact) mass is 257 g/mol. The highest BCUT2D eigenvalue weighted by Gasteiger charge is 2.11. The fraction of sp³-hybridized carbons (Fsp3) is 0.294. The topological polar surface area (TPSA) is 12.0 Å². The molecule has 1 unspecified atom stereocenters. The second-order valence-corrected chi connectivity index (χ2v) is 5.04. The standard InChI is InChI=1S/C17H20FN/c1-12-5-4-6-14(9-12)11-17(19-3)15-7-8-16(18)13(2)10-15/h4-10,17,19H,11H2,1-3H3. The molecule has 0 fully saturated rings. The molecule has 100 valence electrons. The van der Waals surface area contributed by atoms with Crippen LogP contribution in [0, 0.1) is 19.7 Å². The second kappa shape index (κ2) is 5.98. The highest BCUT2D eigenvalue weighted by molar-refractivity contribution is 5.29. The maximum atomic E-state index is 13.3. The highest BCUT2D eigenvalue weighted by atomic mass is 19.1. The number of hydrogen-bond acceptors (Lipinski definition) is 1. The van der Waals surface area contributed by atoms with E-state index in [0.717, 1.165) is 12.0 Å². The predicted octanol–water partition coefficient (Wildman–Crippen LogP) is 3.95. The van der Waals surface area contributed by atoms with Crippen molar-refractivity contribution in [3.8, 4) is 0 Å². The third-order valence-corrected chi connectivity index (χ3v) is 3.46. The van der Waals surface area contributed by atoms with Gasteiger partial charge < -0.3 is 5.32 Å². The Morgan fingerprint density at radius 3 is 2.53 bits per heavy atom. The average Bonchev–Trinajstić information content (AvgIpc) is 2.39. The quantitative estimate of drug-likeness (QED) is 0.874. The van der Waals surface area contributed by atoms with Gasteiger partial charge in [0, 0.05) is 6.04 Å². The first-order valence-corrected chi connectivity index (χ1v) is 6.59. The van der Waals surface area contributed by atoms with Crippen LogP contribution in [0.1, 0.15) is 28.3 Å². The largest absolute Gasteiger partial charge is 0.313 e. The fourth-order valence-corrected chi connectivity index (χ4v) is 2.35. The van der Waals surface area contributed by atoms with Crippen LogP contribution in [0.2, 0.25) is 0 Å². The van der Waals surface area contributed by atoms with Gasteiger partial charge in [-0.2, -0.15) is 0 Å². The van der Waals surface area contributed by atoms with E-state index in [1.807, 2.05) is 19.2 Å². The summed E-state index contributed by atoms with van der Waals surface area (Å²) in [5, 5.41) is 3.31. The molecule has 0 saturated heterocycles. The molecule has 1 atom stereocenters. The lowest BCUT2D eigenvalue weighted by Crippen LogP contribution is -2.19. The number of benzene rings is 2. The summed E-state index contributed by atoms with van der Waals surface area (Å²) in [5.41, 5.74) is 4.38. The van der Waals surface area contributed by atoms with Crippen LogP contribution in [-0.4, -0.2) is 7.05 Å². The molecule has 2 rings (SSSR count). The van der Waals surface area contributed by atoms with Crippen molar-refractivity contribution in [3.63, 3.8) is 0 Å². The summed E-state index contributed by atoms with van der Waals surface area (Å²) < 4.78 is 13.3. The van der Waals surface area contributed by atoms with Gasteiger partial charge in [-0.15, -0.1) is 0 Å². The van der Waals surface area contributed by atoms with Gasteiger partial charge in [0.15, 0.2) is 0 Å². The number of nitrogens with one attached hydrogen (secondary N) is 1. The van der Waals surface area contributed by atoms with Gasteiger partial charge in [0.05, 0.1) is 0 Å². The molecule has 2 aromatic carbocycles. The Hall–Kier alpha value is -1.67. The van der Waals surface area contributed by atoms with Gasteiger partial charge in [0.1, 0.15) is 5.82 Å². The third-order valence-electron chi connectivity index (χ3n) is 3.46. The van der Waals surface area contributed by atoms with E-state index >= 15 is 0 Å². The molecule has 0 saturated carbocycles. The second-order valence-electron chi connectivity index (χ2n) is 5.04. The van der Waals surface area contributed by atoms with Crippen molar-refractivity contribution in [1.82, 2.24) is 5.32 Å². The van der Waals surface area contributed by atoms with Crippen LogP contribution in [0.4, 0.5) is 4.39 Å². The molecule has 1 N–H and O–H groups in total. The molecule has 1 nitrogen and oxygen atoms in total. The molecule has 0 aliphatic rings. The van der Waals surface area contributed by atoms with Crippen molar-refractivity contribution in [2.75, 3.05) is 7.05 Å². The van der Waals surface area contributed by atoms with Crippen LogP contribution >= 0.6 is 0 Å². The van der Waals surface area contributed by atoms with Crippen molar-refractivity contribution in [2.45, 2.75) is 26.3 Å². The van der Waals surface area contributed by atoms with Gasteiger partial charge in [-0.25, -0.2) is 4.39 Å². The maximum absolute atomic E-state index is 13.3. The van der Waals surface area contributed by atoms with Gasteiger partial charge in [-0.3, -0.25) is 0 Å². The molecule has 0 aliphatic heterocycles. The zero-order chi connectivity index (χ0) is 13.8. The summed E-state index contributed by atoms with van der Waals surface area (Å²) in [6, 6.07) is 14.0. The number of rotatable bonds is 4. The maximum Gasteiger partial charge on any atom is 0.126 e. The molecular weight excluding hydrogens is 237 g/mol. The Kier molecular flexibility index (Phi) is 4.33. The lowest BCUT2D eigenvalue weighted by atomic mass is 9.97. The van der Waals surface area contributed by atoms with Crippen molar-refractivity contribution >= 4 is 0 Å². The Morgan fingerprint density at radius 2 is 1.89 bits per heavy atom. The third kappa shape index (κ3) is 3.42.